The summed E-state index contributed by atoms with van der Waals surface area (Å²) in [6.07, 6.45) is 2.64. The molecule has 168 valence electrons. The van der Waals surface area contributed by atoms with Gasteiger partial charge >= 0.3 is 11.9 Å². The Kier molecular flexibility index (Phi) is 7.01. The number of ether oxygens (including phenoxy) is 2. The third-order valence-electron chi connectivity index (χ3n) is 4.84. The van der Waals surface area contributed by atoms with E-state index in [0.29, 0.717) is 17.5 Å². The Bertz CT molecular complexity index is 1060. The smallest absolute Gasteiger partial charge is 0.331 e. The minimum Gasteiger partial charge on any atom is -0.504 e. The van der Waals surface area contributed by atoms with Crippen LogP contribution in [-0.2, 0) is 19.1 Å². The van der Waals surface area contributed by atoms with Crippen LogP contribution in [0, 0.1) is 0 Å². The van der Waals surface area contributed by atoms with Crippen molar-refractivity contribution in [1.29, 1.82) is 0 Å². The number of esters is 2. The van der Waals surface area contributed by atoms with Gasteiger partial charge in [-0.15, -0.1) is 0 Å². The normalized spacial score (nSPS) is 20.6. The Hall–Kier alpha value is -3.98. The van der Waals surface area contributed by atoms with E-state index in [4.69, 9.17) is 9.47 Å². The van der Waals surface area contributed by atoms with Crippen molar-refractivity contribution in [3.8, 4) is 23.0 Å². The first-order valence-corrected chi connectivity index (χ1v) is 9.72. The van der Waals surface area contributed by atoms with E-state index < -0.39 is 30.3 Å². The van der Waals surface area contributed by atoms with Crippen molar-refractivity contribution in [3.63, 3.8) is 0 Å². The van der Waals surface area contributed by atoms with Gasteiger partial charge in [0.15, 0.2) is 29.1 Å². The van der Waals surface area contributed by atoms with Gasteiger partial charge in [-0.3, -0.25) is 0 Å². The van der Waals surface area contributed by atoms with Gasteiger partial charge in [-0.2, -0.15) is 0 Å². The number of carbonyl (C=O) groups excluding carboxylic acids is 2. The van der Waals surface area contributed by atoms with Gasteiger partial charge in [-0.1, -0.05) is 12.1 Å². The lowest BCUT2D eigenvalue weighted by Gasteiger charge is -2.21. The van der Waals surface area contributed by atoms with E-state index in [9.17, 15) is 35.1 Å². The van der Waals surface area contributed by atoms with Gasteiger partial charge in [0.2, 0.25) is 0 Å². The molecule has 0 amide bonds. The van der Waals surface area contributed by atoms with Crippen LogP contribution in [-0.4, -0.2) is 55.8 Å². The molecule has 1 fully saturated rings. The summed E-state index contributed by atoms with van der Waals surface area (Å²) in [4.78, 5) is 24.3. The topological polar surface area (TPSA) is 154 Å². The van der Waals surface area contributed by atoms with Crippen molar-refractivity contribution in [2.75, 3.05) is 0 Å². The molecule has 0 bridgehead atoms. The predicted molar refractivity (Wildman–Crippen MR) is 113 cm³/mol. The summed E-state index contributed by atoms with van der Waals surface area (Å²) in [5.74, 6) is -2.76. The molecule has 3 rings (SSSR count). The number of aliphatic hydroxyl groups is 1. The third-order valence-corrected chi connectivity index (χ3v) is 4.84. The van der Waals surface area contributed by atoms with E-state index in [1.165, 1.54) is 48.6 Å². The van der Waals surface area contributed by atoms with Crippen LogP contribution in [0.4, 0.5) is 0 Å². The molecule has 1 aliphatic rings. The minimum atomic E-state index is -1.05. The van der Waals surface area contributed by atoms with Crippen LogP contribution in [0.15, 0.2) is 48.6 Å². The second-order valence-corrected chi connectivity index (χ2v) is 7.18. The first kappa shape index (κ1) is 22.7. The van der Waals surface area contributed by atoms with Crippen LogP contribution in [0.2, 0.25) is 0 Å². The maximum absolute atomic E-state index is 12.1. The summed E-state index contributed by atoms with van der Waals surface area (Å²) < 4.78 is 10.6. The number of hydrogen-bond donors (Lipinski definition) is 5. The molecule has 3 atom stereocenters. The van der Waals surface area contributed by atoms with E-state index in [2.05, 4.69) is 0 Å². The third kappa shape index (κ3) is 5.79. The molecule has 32 heavy (non-hydrogen) atoms. The minimum absolute atomic E-state index is 0.279. The van der Waals surface area contributed by atoms with Gasteiger partial charge in [0.05, 0.1) is 6.10 Å². The number of phenolic OH excluding ortho intramolecular Hbond substituents is 4. The van der Waals surface area contributed by atoms with Gasteiger partial charge in [0.1, 0.15) is 6.10 Å². The van der Waals surface area contributed by atoms with Crippen molar-refractivity contribution in [3.05, 3.63) is 59.7 Å². The highest BCUT2D eigenvalue weighted by Crippen LogP contribution is 2.28. The fourth-order valence-corrected chi connectivity index (χ4v) is 3.17. The summed E-state index contributed by atoms with van der Waals surface area (Å²) in [5.41, 5.74) is 0.898. The average molecular weight is 442 g/mol. The maximum atomic E-state index is 12.1. The number of carbonyl (C=O) groups is 2. The van der Waals surface area contributed by atoms with Crippen molar-refractivity contribution in [1.82, 2.24) is 0 Å². The lowest BCUT2D eigenvalue weighted by atomic mass is 10.2. The number of phenols is 4. The van der Waals surface area contributed by atoms with Crippen molar-refractivity contribution >= 4 is 24.1 Å². The number of hydrogen-bond acceptors (Lipinski definition) is 9. The Balaban J connectivity index is 1.58. The van der Waals surface area contributed by atoms with Crippen LogP contribution in [0.3, 0.4) is 0 Å². The lowest BCUT2D eigenvalue weighted by molar-refractivity contribution is -0.163. The highest BCUT2D eigenvalue weighted by Gasteiger charge is 2.40. The van der Waals surface area contributed by atoms with E-state index in [0.717, 1.165) is 12.2 Å². The van der Waals surface area contributed by atoms with Gasteiger partial charge in [0, 0.05) is 12.2 Å². The van der Waals surface area contributed by atoms with E-state index >= 15 is 0 Å². The molecule has 2 aromatic rings. The van der Waals surface area contributed by atoms with E-state index in [1.54, 1.807) is 0 Å². The molecule has 9 heteroatoms. The Morgan fingerprint density at radius 2 is 1.25 bits per heavy atom. The molecule has 1 aliphatic carbocycles. The molecule has 0 unspecified atom stereocenters. The Morgan fingerprint density at radius 1 is 0.750 bits per heavy atom. The molecule has 0 heterocycles. The fourth-order valence-electron chi connectivity index (χ4n) is 3.17. The molecule has 2 aromatic carbocycles. The monoisotopic (exact) mass is 442 g/mol. The highest BCUT2D eigenvalue weighted by atomic mass is 16.6. The summed E-state index contributed by atoms with van der Waals surface area (Å²) >= 11 is 0. The summed E-state index contributed by atoms with van der Waals surface area (Å²) in [7, 11) is 0. The van der Waals surface area contributed by atoms with E-state index in [-0.39, 0.29) is 29.4 Å². The second kappa shape index (κ2) is 9.88. The molecule has 0 aliphatic heterocycles. The molecule has 0 spiro atoms. The predicted octanol–water partition coefficient (Wildman–Crippen LogP) is 2.21. The molecule has 0 saturated heterocycles. The molecule has 0 radical (unpaired) electrons. The molecular weight excluding hydrogens is 420 g/mol. The molecule has 9 nitrogen and oxygen atoms in total. The largest absolute Gasteiger partial charge is 0.504 e. The van der Waals surface area contributed by atoms with Gasteiger partial charge < -0.3 is 35.0 Å². The Labute approximate surface area is 183 Å². The molecule has 1 saturated carbocycles. The van der Waals surface area contributed by atoms with Gasteiger partial charge in [0.25, 0.3) is 0 Å². The van der Waals surface area contributed by atoms with E-state index in [1.807, 2.05) is 0 Å². The second-order valence-electron chi connectivity index (χ2n) is 7.18. The summed E-state index contributed by atoms with van der Waals surface area (Å²) in [6.45, 7) is 0. The zero-order chi connectivity index (χ0) is 23.3. The number of benzene rings is 2. The van der Waals surface area contributed by atoms with Crippen LogP contribution in [0.1, 0.15) is 24.0 Å². The zero-order valence-corrected chi connectivity index (χ0v) is 16.8. The highest BCUT2D eigenvalue weighted by molar-refractivity contribution is 5.88. The molecular formula is C23H22O9. The van der Waals surface area contributed by atoms with Crippen LogP contribution in [0.25, 0.3) is 12.2 Å². The van der Waals surface area contributed by atoms with Crippen LogP contribution < -0.4 is 0 Å². The standard InChI is InChI=1S/C23H22O9/c24-15-5-1-13(11-18(15)27)3-9-21(29)31-20-8-7-17(26)23(20)32-22(30)10-4-14-2-6-16(25)19(28)12-14/h1-6,9-12,17,20,23-28H,7-8H2/b9-3+,10-4+/t17-,20-,23-/m1/s1. The SMILES string of the molecule is O=C(/C=C/c1ccc(O)c(O)c1)O[C@@H]1[C@H](O)CC[C@H]1OC(=O)/C=C/c1ccc(O)c(O)c1. The van der Waals surface area contributed by atoms with Crippen LogP contribution in [0.5, 0.6) is 23.0 Å². The van der Waals surface area contributed by atoms with Crippen molar-refractivity contribution in [2.24, 2.45) is 0 Å². The quantitative estimate of drug-likeness (QED) is 0.257. The first-order valence-electron chi connectivity index (χ1n) is 9.72. The van der Waals surface area contributed by atoms with Crippen LogP contribution >= 0.6 is 0 Å². The number of aromatic hydroxyl groups is 4. The van der Waals surface area contributed by atoms with Gasteiger partial charge in [-0.25, -0.2) is 9.59 Å². The fraction of sp³-hybridized carbons (Fsp3) is 0.217. The van der Waals surface area contributed by atoms with Gasteiger partial charge in [-0.05, 0) is 60.4 Å². The Morgan fingerprint density at radius 3 is 1.75 bits per heavy atom. The summed E-state index contributed by atoms with van der Waals surface area (Å²) in [5, 5.41) is 47.7. The number of rotatable bonds is 6. The van der Waals surface area contributed by atoms with Crippen molar-refractivity contribution in [2.45, 2.75) is 31.2 Å². The first-order chi connectivity index (χ1) is 15.2. The average Bonchev–Trinajstić information content (AvgIpc) is 3.09. The zero-order valence-electron chi connectivity index (χ0n) is 16.8. The molecule has 0 aromatic heterocycles. The maximum Gasteiger partial charge on any atom is 0.331 e. The summed E-state index contributed by atoms with van der Waals surface area (Å²) in [6, 6.07) is 8.04. The lowest BCUT2D eigenvalue weighted by Crippen LogP contribution is -2.36. The van der Waals surface area contributed by atoms with Crippen molar-refractivity contribution < 1.29 is 44.6 Å². The number of aliphatic hydroxyl groups excluding tert-OH is 1. The molecule has 5 N–H and O–H groups in total.